The Morgan fingerprint density at radius 3 is 2.95 bits per heavy atom. The number of aliphatic hydroxyl groups is 1. The first-order valence-electron chi connectivity index (χ1n) is 6.79. The van der Waals surface area contributed by atoms with Crippen molar-refractivity contribution >= 4 is 28.5 Å². The van der Waals surface area contributed by atoms with E-state index in [1.54, 1.807) is 6.07 Å². The standard InChI is InChI=1S/C15H18ClNO4/c1-10-11-4-2-5-12(16)14(11)21-13(10)15(19)17-6-3-8-20-9-7-18/h2,4-5,18H,3,6-9H2,1H3,(H,17,19). The molecule has 21 heavy (non-hydrogen) atoms. The first kappa shape index (κ1) is 15.8. The fourth-order valence-corrected chi connectivity index (χ4v) is 2.26. The molecule has 1 heterocycles. The van der Waals surface area contributed by atoms with Crippen LogP contribution in [0.25, 0.3) is 11.0 Å². The first-order valence-corrected chi connectivity index (χ1v) is 7.17. The average Bonchev–Trinajstić information content (AvgIpc) is 2.82. The van der Waals surface area contributed by atoms with Gasteiger partial charge in [-0.25, -0.2) is 0 Å². The highest BCUT2D eigenvalue weighted by Crippen LogP contribution is 2.30. The lowest BCUT2D eigenvalue weighted by atomic mass is 10.1. The van der Waals surface area contributed by atoms with Gasteiger partial charge in [0.2, 0.25) is 0 Å². The van der Waals surface area contributed by atoms with Crippen LogP contribution in [0.5, 0.6) is 0 Å². The minimum absolute atomic E-state index is 0.00526. The topological polar surface area (TPSA) is 71.7 Å². The van der Waals surface area contributed by atoms with Gasteiger partial charge in [-0.2, -0.15) is 0 Å². The number of amides is 1. The van der Waals surface area contributed by atoms with Crippen LogP contribution in [0.2, 0.25) is 5.02 Å². The number of halogens is 1. The molecule has 114 valence electrons. The van der Waals surface area contributed by atoms with Gasteiger partial charge in [0.1, 0.15) is 0 Å². The number of benzene rings is 1. The van der Waals surface area contributed by atoms with E-state index in [0.29, 0.717) is 36.8 Å². The molecule has 2 aromatic rings. The van der Waals surface area contributed by atoms with Crippen LogP contribution >= 0.6 is 11.6 Å². The van der Waals surface area contributed by atoms with E-state index in [1.807, 2.05) is 19.1 Å². The largest absolute Gasteiger partial charge is 0.449 e. The summed E-state index contributed by atoms with van der Waals surface area (Å²) in [6.45, 7) is 3.13. The lowest BCUT2D eigenvalue weighted by Crippen LogP contribution is -2.25. The number of rotatable bonds is 7. The van der Waals surface area contributed by atoms with Crippen LogP contribution in [0.3, 0.4) is 0 Å². The first-order chi connectivity index (χ1) is 10.1. The van der Waals surface area contributed by atoms with Gasteiger partial charge in [0.05, 0.1) is 18.2 Å². The Morgan fingerprint density at radius 1 is 1.43 bits per heavy atom. The lowest BCUT2D eigenvalue weighted by Gasteiger charge is -2.04. The molecule has 0 unspecified atom stereocenters. The van der Waals surface area contributed by atoms with E-state index in [4.69, 9.17) is 25.9 Å². The predicted octanol–water partition coefficient (Wildman–Crippen LogP) is 2.52. The zero-order valence-corrected chi connectivity index (χ0v) is 12.6. The lowest BCUT2D eigenvalue weighted by molar-refractivity contribution is 0.0856. The molecule has 0 aliphatic heterocycles. The zero-order chi connectivity index (χ0) is 15.2. The molecule has 0 radical (unpaired) electrons. The number of aliphatic hydroxyl groups excluding tert-OH is 1. The van der Waals surface area contributed by atoms with Gasteiger partial charge in [-0.3, -0.25) is 4.79 Å². The minimum Gasteiger partial charge on any atom is -0.449 e. The van der Waals surface area contributed by atoms with Gasteiger partial charge >= 0.3 is 0 Å². The number of aryl methyl sites for hydroxylation is 1. The molecule has 0 bridgehead atoms. The van der Waals surface area contributed by atoms with Gasteiger partial charge in [0.25, 0.3) is 5.91 Å². The van der Waals surface area contributed by atoms with Gasteiger partial charge in [-0.1, -0.05) is 23.7 Å². The Hall–Kier alpha value is -1.56. The third kappa shape index (κ3) is 3.75. The molecule has 1 aromatic heterocycles. The molecule has 5 nitrogen and oxygen atoms in total. The van der Waals surface area contributed by atoms with Crippen LogP contribution in [-0.4, -0.2) is 37.4 Å². The number of hydrogen-bond acceptors (Lipinski definition) is 4. The Balaban J connectivity index is 1.97. The van der Waals surface area contributed by atoms with Crippen LogP contribution in [0, 0.1) is 6.92 Å². The summed E-state index contributed by atoms with van der Waals surface area (Å²) in [6, 6.07) is 5.43. The smallest absolute Gasteiger partial charge is 0.287 e. The second-order valence-corrected chi connectivity index (χ2v) is 5.03. The number of carbonyl (C=O) groups excluding carboxylic acids is 1. The summed E-state index contributed by atoms with van der Waals surface area (Å²) in [5.41, 5.74) is 1.31. The number of carbonyl (C=O) groups is 1. The summed E-state index contributed by atoms with van der Waals surface area (Å²) >= 11 is 6.06. The van der Waals surface area contributed by atoms with Crippen LogP contribution in [0.1, 0.15) is 22.5 Å². The summed E-state index contributed by atoms with van der Waals surface area (Å²) in [6.07, 6.45) is 0.672. The SMILES string of the molecule is Cc1c(C(=O)NCCCOCCO)oc2c(Cl)cccc12. The predicted molar refractivity (Wildman–Crippen MR) is 80.8 cm³/mol. The second kappa shape index (κ2) is 7.45. The van der Waals surface area contributed by atoms with E-state index in [9.17, 15) is 4.79 Å². The van der Waals surface area contributed by atoms with Gasteiger partial charge in [-0.15, -0.1) is 0 Å². The second-order valence-electron chi connectivity index (χ2n) is 4.62. The highest BCUT2D eigenvalue weighted by atomic mass is 35.5. The molecule has 0 aliphatic rings. The van der Waals surface area contributed by atoms with Crippen molar-refractivity contribution in [3.8, 4) is 0 Å². The summed E-state index contributed by atoms with van der Waals surface area (Å²) in [7, 11) is 0. The maximum atomic E-state index is 12.1. The van der Waals surface area contributed by atoms with E-state index in [-0.39, 0.29) is 18.3 Å². The van der Waals surface area contributed by atoms with E-state index >= 15 is 0 Å². The van der Waals surface area contributed by atoms with Crippen LogP contribution in [0.15, 0.2) is 22.6 Å². The van der Waals surface area contributed by atoms with Crippen LogP contribution < -0.4 is 5.32 Å². The highest BCUT2D eigenvalue weighted by Gasteiger charge is 2.18. The normalized spacial score (nSPS) is 11.0. The Morgan fingerprint density at radius 2 is 2.24 bits per heavy atom. The van der Waals surface area contributed by atoms with Gasteiger partial charge in [0.15, 0.2) is 11.3 Å². The van der Waals surface area contributed by atoms with E-state index in [0.717, 1.165) is 10.9 Å². The number of fused-ring (bicyclic) bond motifs is 1. The third-order valence-electron chi connectivity index (χ3n) is 3.11. The third-order valence-corrected chi connectivity index (χ3v) is 3.41. The van der Waals surface area contributed by atoms with Crippen molar-refractivity contribution < 1.29 is 19.1 Å². The minimum atomic E-state index is -0.262. The molecular weight excluding hydrogens is 294 g/mol. The van der Waals surface area contributed by atoms with Crippen LogP contribution in [0.4, 0.5) is 0 Å². The quantitative estimate of drug-likeness (QED) is 0.771. The number of hydrogen-bond donors (Lipinski definition) is 2. The molecule has 1 aromatic carbocycles. The van der Waals surface area contributed by atoms with E-state index in [2.05, 4.69) is 5.32 Å². The van der Waals surface area contributed by atoms with Crippen molar-refractivity contribution in [2.75, 3.05) is 26.4 Å². The van der Waals surface area contributed by atoms with E-state index < -0.39 is 0 Å². The molecule has 6 heteroatoms. The van der Waals surface area contributed by atoms with Crippen molar-refractivity contribution in [3.63, 3.8) is 0 Å². The zero-order valence-electron chi connectivity index (χ0n) is 11.8. The fraction of sp³-hybridized carbons (Fsp3) is 0.400. The monoisotopic (exact) mass is 311 g/mol. The molecule has 0 saturated heterocycles. The molecule has 2 rings (SSSR count). The molecule has 0 fully saturated rings. The average molecular weight is 312 g/mol. The maximum absolute atomic E-state index is 12.1. The molecule has 2 N–H and O–H groups in total. The molecule has 1 amide bonds. The summed E-state index contributed by atoms with van der Waals surface area (Å²) < 4.78 is 10.7. The summed E-state index contributed by atoms with van der Waals surface area (Å²) in [5.74, 6) is 0.0244. The van der Waals surface area contributed by atoms with Crippen LogP contribution in [-0.2, 0) is 4.74 Å². The molecule has 0 spiro atoms. The van der Waals surface area contributed by atoms with Crippen molar-refractivity contribution in [1.82, 2.24) is 5.32 Å². The Bertz CT molecular complexity index is 623. The molecule has 0 atom stereocenters. The molecule has 0 aliphatic carbocycles. The Kier molecular flexibility index (Phi) is 5.61. The number of ether oxygens (including phenoxy) is 1. The van der Waals surface area contributed by atoms with Crippen molar-refractivity contribution in [2.45, 2.75) is 13.3 Å². The number of furan rings is 1. The number of nitrogens with one attached hydrogen (secondary N) is 1. The van der Waals surface area contributed by atoms with Gasteiger partial charge in [-0.05, 0) is 19.4 Å². The van der Waals surface area contributed by atoms with E-state index in [1.165, 1.54) is 0 Å². The van der Waals surface area contributed by atoms with Crippen molar-refractivity contribution in [3.05, 3.63) is 34.5 Å². The molecule has 0 saturated carbocycles. The van der Waals surface area contributed by atoms with Gasteiger partial charge in [0, 0.05) is 24.1 Å². The summed E-state index contributed by atoms with van der Waals surface area (Å²) in [4.78, 5) is 12.1. The van der Waals surface area contributed by atoms with Crippen molar-refractivity contribution in [2.24, 2.45) is 0 Å². The van der Waals surface area contributed by atoms with Gasteiger partial charge < -0.3 is 19.6 Å². The maximum Gasteiger partial charge on any atom is 0.287 e. The Labute approximate surface area is 127 Å². The molecular formula is C15H18ClNO4. The highest BCUT2D eigenvalue weighted by molar-refractivity contribution is 6.35. The fourth-order valence-electron chi connectivity index (χ4n) is 2.05. The number of para-hydroxylation sites is 1. The van der Waals surface area contributed by atoms with Crippen molar-refractivity contribution in [1.29, 1.82) is 0 Å². The summed E-state index contributed by atoms with van der Waals surface area (Å²) in [5, 5.41) is 12.7.